The molecule has 0 unspecified atom stereocenters. The zero-order chi connectivity index (χ0) is 18.2. The first-order chi connectivity index (χ1) is 12.7. The van der Waals surface area contributed by atoms with Crippen molar-refractivity contribution in [3.8, 4) is 0 Å². The average molecular weight is 364 g/mol. The molecule has 1 N–H and O–H groups in total. The van der Waals surface area contributed by atoms with Gasteiger partial charge in [-0.1, -0.05) is 25.7 Å². The van der Waals surface area contributed by atoms with E-state index in [1.165, 1.54) is 97.1 Å². The Morgan fingerprint density at radius 2 is 1.65 bits per heavy atom. The fraction of sp³-hybridized carbons (Fsp3) is 0.952. The molecule has 5 heteroatoms. The van der Waals surface area contributed by atoms with Gasteiger partial charge in [0.05, 0.1) is 0 Å². The first-order valence-corrected chi connectivity index (χ1v) is 11.1. The molecule has 0 amide bonds. The lowest BCUT2D eigenvalue weighted by Gasteiger charge is -2.44. The Balaban J connectivity index is 1.47. The van der Waals surface area contributed by atoms with Crippen molar-refractivity contribution in [1.82, 2.24) is 20.0 Å². The molecule has 0 atom stereocenters. The van der Waals surface area contributed by atoms with E-state index in [-0.39, 0.29) is 0 Å². The van der Waals surface area contributed by atoms with E-state index in [0.717, 1.165) is 19.0 Å². The largest absolute Gasteiger partial charge is 0.355 e. The number of piperidine rings is 1. The number of likely N-dealkylation sites (N-methyl/N-ethyl adjacent to an activating group) is 1. The van der Waals surface area contributed by atoms with E-state index >= 15 is 0 Å². The molecule has 1 saturated carbocycles. The molecule has 1 spiro atoms. The molecule has 2 saturated heterocycles. The summed E-state index contributed by atoms with van der Waals surface area (Å²) in [5, 5.41) is 3.68. The highest BCUT2D eigenvalue weighted by atomic mass is 15.3. The Labute approximate surface area is 161 Å². The third-order valence-corrected chi connectivity index (χ3v) is 6.86. The van der Waals surface area contributed by atoms with Crippen LogP contribution in [0.5, 0.6) is 0 Å². The van der Waals surface area contributed by atoms with Crippen LogP contribution in [0.1, 0.15) is 57.8 Å². The van der Waals surface area contributed by atoms with Gasteiger partial charge >= 0.3 is 0 Å². The molecule has 26 heavy (non-hydrogen) atoms. The first kappa shape index (κ1) is 19.9. The Bertz CT molecular complexity index is 442. The molecular formula is C21H41N5. The van der Waals surface area contributed by atoms with Crippen LogP contribution >= 0.6 is 0 Å². The van der Waals surface area contributed by atoms with Crippen LogP contribution in [0.15, 0.2) is 4.99 Å². The number of nitrogens with zero attached hydrogens (tertiary/aromatic N) is 4. The van der Waals surface area contributed by atoms with Crippen molar-refractivity contribution in [2.75, 3.05) is 66.5 Å². The Hall–Kier alpha value is -0.810. The van der Waals surface area contributed by atoms with E-state index in [1.54, 1.807) is 0 Å². The number of hydrogen-bond acceptors (Lipinski definition) is 3. The SMILES string of the molecule is CN=C(NCCN1CCCN(C)CC1)N1CCCC2(CCCCCC2)C1. The molecule has 3 rings (SSSR count). The minimum absolute atomic E-state index is 0.571. The molecule has 0 aromatic rings. The molecule has 2 aliphatic heterocycles. The number of rotatable bonds is 3. The fourth-order valence-corrected chi connectivity index (χ4v) is 5.26. The Morgan fingerprint density at radius 1 is 0.885 bits per heavy atom. The summed E-state index contributed by atoms with van der Waals surface area (Å²) in [7, 11) is 4.20. The second-order valence-electron chi connectivity index (χ2n) is 8.91. The molecule has 0 aromatic heterocycles. The van der Waals surface area contributed by atoms with Gasteiger partial charge in [0.2, 0.25) is 0 Å². The molecule has 0 radical (unpaired) electrons. The second-order valence-corrected chi connectivity index (χ2v) is 8.91. The number of guanidine groups is 1. The lowest BCUT2D eigenvalue weighted by atomic mass is 9.74. The first-order valence-electron chi connectivity index (χ1n) is 11.1. The van der Waals surface area contributed by atoms with Gasteiger partial charge in [-0.25, -0.2) is 0 Å². The van der Waals surface area contributed by atoms with Crippen LogP contribution in [0.3, 0.4) is 0 Å². The summed E-state index contributed by atoms with van der Waals surface area (Å²) in [5.74, 6) is 1.14. The number of likely N-dealkylation sites (tertiary alicyclic amines) is 1. The van der Waals surface area contributed by atoms with E-state index in [9.17, 15) is 0 Å². The third kappa shape index (κ3) is 5.59. The lowest BCUT2D eigenvalue weighted by molar-refractivity contribution is 0.115. The van der Waals surface area contributed by atoms with E-state index in [2.05, 4.69) is 32.1 Å². The zero-order valence-corrected chi connectivity index (χ0v) is 17.3. The van der Waals surface area contributed by atoms with Crippen molar-refractivity contribution in [2.24, 2.45) is 10.4 Å². The average Bonchev–Trinajstić information content (AvgIpc) is 2.99. The van der Waals surface area contributed by atoms with E-state index in [4.69, 9.17) is 0 Å². The van der Waals surface area contributed by atoms with Gasteiger partial charge in [0.25, 0.3) is 0 Å². The summed E-state index contributed by atoms with van der Waals surface area (Å²) in [6, 6.07) is 0. The minimum atomic E-state index is 0.571. The van der Waals surface area contributed by atoms with E-state index < -0.39 is 0 Å². The predicted molar refractivity (Wildman–Crippen MR) is 111 cm³/mol. The van der Waals surface area contributed by atoms with Crippen LogP contribution < -0.4 is 5.32 Å². The van der Waals surface area contributed by atoms with Crippen molar-refractivity contribution in [2.45, 2.75) is 57.8 Å². The van der Waals surface area contributed by atoms with Crippen molar-refractivity contribution >= 4 is 5.96 Å². The van der Waals surface area contributed by atoms with Gasteiger partial charge in [-0.05, 0) is 57.7 Å². The highest BCUT2D eigenvalue weighted by Gasteiger charge is 2.36. The van der Waals surface area contributed by atoms with Crippen molar-refractivity contribution in [3.05, 3.63) is 0 Å². The fourth-order valence-electron chi connectivity index (χ4n) is 5.26. The molecule has 150 valence electrons. The van der Waals surface area contributed by atoms with Crippen LogP contribution in [-0.4, -0.2) is 87.1 Å². The van der Waals surface area contributed by atoms with Crippen molar-refractivity contribution in [3.63, 3.8) is 0 Å². The highest BCUT2D eigenvalue weighted by Crippen LogP contribution is 2.42. The van der Waals surface area contributed by atoms with Gasteiger partial charge in [0, 0.05) is 46.3 Å². The highest BCUT2D eigenvalue weighted by molar-refractivity contribution is 5.80. The van der Waals surface area contributed by atoms with Gasteiger partial charge in [-0.2, -0.15) is 0 Å². The molecule has 5 nitrogen and oxygen atoms in total. The number of hydrogen-bond donors (Lipinski definition) is 1. The molecule has 2 heterocycles. The smallest absolute Gasteiger partial charge is 0.193 e. The topological polar surface area (TPSA) is 34.1 Å². The summed E-state index contributed by atoms with van der Waals surface area (Å²) < 4.78 is 0. The van der Waals surface area contributed by atoms with Gasteiger partial charge in [0.1, 0.15) is 0 Å². The van der Waals surface area contributed by atoms with Gasteiger partial charge in [-0.3, -0.25) is 4.99 Å². The molecule has 1 aliphatic carbocycles. The van der Waals surface area contributed by atoms with Crippen LogP contribution in [0.4, 0.5) is 0 Å². The van der Waals surface area contributed by atoms with Gasteiger partial charge in [0.15, 0.2) is 5.96 Å². The molecule has 3 aliphatic rings. The van der Waals surface area contributed by atoms with E-state index in [0.29, 0.717) is 5.41 Å². The zero-order valence-electron chi connectivity index (χ0n) is 17.3. The van der Waals surface area contributed by atoms with Crippen LogP contribution in [-0.2, 0) is 0 Å². The predicted octanol–water partition coefficient (Wildman–Crippen LogP) is 2.64. The quantitative estimate of drug-likeness (QED) is 0.617. The Morgan fingerprint density at radius 3 is 2.42 bits per heavy atom. The van der Waals surface area contributed by atoms with Crippen molar-refractivity contribution in [1.29, 1.82) is 0 Å². The maximum atomic E-state index is 4.63. The summed E-state index contributed by atoms with van der Waals surface area (Å²) in [6.07, 6.45) is 12.7. The summed E-state index contributed by atoms with van der Waals surface area (Å²) in [5.41, 5.74) is 0.571. The Kier molecular flexibility index (Phi) is 7.62. The molecule has 3 fully saturated rings. The minimum Gasteiger partial charge on any atom is -0.355 e. The number of aliphatic imine (C=N–C) groups is 1. The van der Waals surface area contributed by atoms with Crippen LogP contribution in [0, 0.1) is 5.41 Å². The van der Waals surface area contributed by atoms with Crippen molar-refractivity contribution < 1.29 is 0 Å². The normalized spacial score (nSPS) is 26.5. The summed E-state index contributed by atoms with van der Waals surface area (Å²) in [6.45, 7) is 9.41. The van der Waals surface area contributed by atoms with Crippen LogP contribution in [0.25, 0.3) is 0 Å². The number of nitrogens with one attached hydrogen (secondary N) is 1. The summed E-state index contributed by atoms with van der Waals surface area (Å²) >= 11 is 0. The third-order valence-electron chi connectivity index (χ3n) is 6.86. The van der Waals surface area contributed by atoms with Gasteiger partial charge in [-0.15, -0.1) is 0 Å². The molecular weight excluding hydrogens is 322 g/mol. The monoisotopic (exact) mass is 363 g/mol. The van der Waals surface area contributed by atoms with Gasteiger partial charge < -0.3 is 20.0 Å². The second kappa shape index (κ2) is 9.93. The molecule has 0 aromatic carbocycles. The van der Waals surface area contributed by atoms with Crippen LogP contribution in [0.2, 0.25) is 0 Å². The lowest BCUT2D eigenvalue weighted by Crippen LogP contribution is -2.51. The maximum absolute atomic E-state index is 4.63. The molecule has 0 bridgehead atoms. The van der Waals surface area contributed by atoms with E-state index in [1.807, 2.05) is 7.05 Å². The summed E-state index contributed by atoms with van der Waals surface area (Å²) in [4.78, 5) is 12.2. The standard InChI is InChI=1S/C21H41N5/c1-22-20(23-12-16-25-14-8-13-24(2)17-18-25)26-15-7-11-21(19-26)9-5-3-4-6-10-21/h3-19H2,1-2H3,(H,22,23). The maximum Gasteiger partial charge on any atom is 0.193 e.